The number of halogens is 2. The first-order valence-corrected chi connectivity index (χ1v) is 7.57. The Morgan fingerprint density at radius 3 is 2.61 bits per heavy atom. The standard InChI is InChI=1S/C15H23Cl2N/c1-3-5-12(11-18-8-4-2)9-13-10-14(16)6-7-15(13)17/h6-7,10,12,18H,3-5,8-9,11H2,1-2H3. The fourth-order valence-corrected chi connectivity index (χ4v) is 2.57. The SMILES string of the molecule is CCCNCC(CCC)Cc1cc(Cl)ccc1Cl. The van der Waals surface area contributed by atoms with Crippen molar-refractivity contribution < 1.29 is 0 Å². The first-order chi connectivity index (χ1) is 8.67. The van der Waals surface area contributed by atoms with Crippen LogP contribution in [0.2, 0.25) is 10.0 Å². The van der Waals surface area contributed by atoms with Crippen LogP contribution in [0.15, 0.2) is 18.2 Å². The van der Waals surface area contributed by atoms with Crippen molar-refractivity contribution in [3.05, 3.63) is 33.8 Å². The van der Waals surface area contributed by atoms with Gasteiger partial charge in [-0.1, -0.05) is 43.5 Å². The van der Waals surface area contributed by atoms with E-state index in [0.29, 0.717) is 5.92 Å². The molecule has 0 aliphatic heterocycles. The maximum absolute atomic E-state index is 6.22. The molecule has 1 unspecified atom stereocenters. The topological polar surface area (TPSA) is 12.0 Å². The molecule has 1 aromatic rings. The van der Waals surface area contributed by atoms with E-state index in [1.165, 1.54) is 24.8 Å². The van der Waals surface area contributed by atoms with Gasteiger partial charge in [0.25, 0.3) is 0 Å². The predicted molar refractivity (Wildman–Crippen MR) is 81.7 cm³/mol. The lowest BCUT2D eigenvalue weighted by atomic mass is 9.95. The quantitative estimate of drug-likeness (QED) is 0.667. The molecule has 0 fully saturated rings. The summed E-state index contributed by atoms with van der Waals surface area (Å²) in [5.41, 5.74) is 1.17. The highest BCUT2D eigenvalue weighted by molar-refractivity contribution is 6.33. The van der Waals surface area contributed by atoms with Crippen LogP contribution in [0, 0.1) is 5.92 Å². The van der Waals surface area contributed by atoms with Crippen molar-refractivity contribution in [1.82, 2.24) is 5.32 Å². The summed E-state index contributed by atoms with van der Waals surface area (Å²) in [6.45, 7) is 6.57. The van der Waals surface area contributed by atoms with Crippen molar-refractivity contribution in [2.45, 2.75) is 39.5 Å². The van der Waals surface area contributed by atoms with Gasteiger partial charge in [0.1, 0.15) is 0 Å². The molecule has 0 bridgehead atoms. The first-order valence-electron chi connectivity index (χ1n) is 6.82. The van der Waals surface area contributed by atoms with E-state index in [1.54, 1.807) is 0 Å². The molecule has 0 saturated carbocycles. The third-order valence-corrected chi connectivity index (χ3v) is 3.68. The second kappa shape index (κ2) is 8.79. The molecule has 1 nitrogen and oxygen atoms in total. The summed E-state index contributed by atoms with van der Waals surface area (Å²) in [5, 5.41) is 5.10. The van der Waals surface area contributed by atoms with Crippen molar-refractivity contribution in [1.29, 1.82) is 0 Å². The normalized spacial score (nSPS) is 12.7. The summed E-state index contributed by atoms with van der Waals surface area (Å²) in [5.74, 6) is 0.637. The van der Waals surface area contributed by atoms with E-state index in [2.05, 4.69) is 19.2 Å². The summed E-state index contributed by atoms with van der Waals surface area (Å²) in [6.07, 6.45) is 4.61. The Morgan fingerprint density at radius 1 is 1.17 bits per heavy atom. The minimum absolute atomic E-state index is 0.637. The van der Waals surface area contributed by atoms with Gasteiger partial charge in [0, 0.05) is 10.0 Å². The van der Waals surface area contributed by atoms with Gasteiger partial charge >= 0.3 is 0 Å². The zero-order valence-electron chi connectivity index (χ0n) is 11.3. The van der Waals surface area contributed by atoms with E-state index in [9.17, 15) is 0 Å². The molecular formula is C15H23Cl2N. The summed E-state index contributed by atoms with van der Waals surface area (Å²) in [7, 11) is 0. The van der Waals surface area contributed by atoms with E-state index >= 15 is 0 Å². The summed E-state index contributed by atoms with van der Waals surface area (Å²) in [6, 6.07) is 5.73. The Balaban J connectivity index is 2.60. The highest BCUT2D eigenvalue weighted by Gasteiger charge is 2.11. The van der Waals surface area contributed by atoms with Crippen LogP contribution in [0.5, 0.6) is 0 Å². The van der Waals surface area contributed by atoms with Crippen LogP contribution in [0.1, 0.15) is 38.7 Å². The molecule has 0 radical (unpaired) electrons. The molecule has 1 atom stereocenters. The Labute approximate surface area is 121 Å². The monoisotopic (exact) mass is 287 g/mol. The van der Waals surface area contributed by atoms with E-state index in [4.69, 9.17) is 23.2 Å². The maximum Gasteiger partial charge on any atom is 0.0439 e. The Morgan fingerprint density at radius 2 is 1.94 bits per heavy atom. The molecule has 0 saturated heterocycles. The fourth-order valence-electron chi connectivity index (χ4n) is 2.18. The van der Waals surface area contributed by atoms with Crippen LogP contribution < -0.4 is 5.32 Å². The molecule has 1 N–H and O–H groups in total. The molecule has 0 aliphatic carbocycles. The van der Waals surface area contributed by atoms with E-state index < -0.39 is 0 Å². The van der Waals surface area contributed by atoms with Crippen molar-refractivity contribution >= 4 is 23.2 Å². The molecule has 0 aliphatic rings. The van der Waals surface area contributed by atoms with Gasteiger partial charge in [-0.3, -0.25) is 0 Å². The van der Waals surface area contributed by atoms with Gasteiger partial charge in [-0.2, -0.15) is 0 Å². The zero-order valence-corrected chi connectivity index (χ0v) is 12.8. The smallest absolute Gasteiger partial charge is 0.0439 e. The average molecular weight is 288 g/mol. The molecule has 0 spiro atoms. The molecule has 0 heterocycles. The van der Waals surface area contributed by atoms with Crippen molar-refractivity contribution in [2.24, 2.45) is 5.92 Å². The van der Waals surface area contributed by atoms with Gasteiger partial charge in [-0.05, 0) is 62.0 Å². The zero-order chi connectivity index (χ0) is 13.4. The van der Waals surface area contributed by atoms with Gasteiger partial charge < -0.3 is 5.32 Å². The van der Waals surface area contributed by atoms with Gasteiger partial charge in [0.2, 0.25) is 0 Å². The van der Waals surface area contributed by atoms with Crippen LogP contribution in [-0.2, 0) is 6.42 Å². The molecule has 1 aromatic carbocycles. The number of nitrogens with one attached hydrogen (secondary N) is 1. The third-order valence-electron chi connectivity index (χ3n) is 3.07. The highest BCUT2D eigenvalue weighted by atomic mass is 35.5. The van der Waals surface area contributed by atoms with Gasteiger partial charge in [0.15, 0.2) is 0 Å². The Bertz CT molecular complexity index is 352. The lowest BCUT2D eigenvalue weighted by Crippen LogP contribution is -2.25. The largest absolute Gasteiger partial charge is 0.316 e. The number of hydrogen-bond donors (Lipinski definition) is 1. The summed E-state index contributed by atoms with van der Waals surface area (Å²) < 4.78 is 0. The molecule has 18 heavy (non-hydrogen) atoms. The third kappa shape index (κ3) is 5.60. The number of rotatable bonds is 8. The molecule has 0 aromatic heterocycles. The second-order valence-electron chi connectivity index (χ2n) is 4.80. The van der Waals surface area contributed by atoms with Crippen LogP contribution >= 0.6 is 23.2 Å². The van der Waals surface area contributed by atoms with Crippen molar-refractivity contribution in [3.63, 3.8) is 0 Å². The highest BCUT2D eigenvalue weighted by Crippen LogP contribution is 2.24. The van der Waals surface area contributed by atoms with Crippen molar-refractivity contribution in [2.75, 3.05) is 13.1 Å². The van der Waals surface area contributed by atoms with Gasteiger partial charge in [0.05, 0.1) is 0 Å². The van der Waals surface area contributed by atoms with E-state index in [0.717, 1.165) is 29.6 Å². The fraction of sp³-hybridized carbons (Fsp3) is 0.600. The molecule has 102 valence electrons. The summed E-state index contributed by atoms with van der Waals surface area (Å²) in [4.78, 5) is 0. The first kappa shape index (κ1) is 15.8. The predicted octanol–water partition coefficient (Wildman–Crippen LogP) is 4.95. The molecule has 0 amide bonds. The van der Waals surface area contributed by atoms with Crippen LogP contribution in [0.3, 0.4) is 0 Å². The number of benzene rings is 1. The maximum atomic E-state index is 6.22. The Hall–Kier alpha value is -0.240. The van der Waals surface area contributed by atoms with Crippen molar-refractivity contribution in [3.8, 4) is 0 Å². The lowest BCUT2D eigenvalue weighted by Gasteiger charge is -2.17. The van der Waals surface area contributed by atoms with E-state index in [1.807, 2.05) is 18.2 Å². The second-order valence-corrected chi connectivity index (χ2v) is 5.64. The molecule has 3 heteroatoms. The Kier molecular flexibility index (Phi) is 7.73. The van der Waals surface area contributed by atoms with Crippen LogP contribution in [-0.4, -0.2) is 13.1 Å². The molecular weight excluding hydrogens is 265 g/mol. The average Bonchev–Trinajstić information content (AvgIpc) is 2.34. The van der Waals surface area contributed by atoms with Gasteiger partial charge in [-0.25, -0.2) is 0 Å². The summed E-state index contributed by atoms with van der Waals surface area (Å²) >= 11 is 12.3. The van der Waals surface area contributed by atoms with Gasteiger partial charge in [-0.15, -0.1) is 0 Å². The van der Waals surface area contributed by atoms with Crippen LogP contribution in [0.4, 0.5) is 0 Å². The minimum Gasteiger partial charge on any atom is -0.316 e. The number of hydrogen-bond acceptors (Lipinski definition) is 1. The minimum atomic E-state index is 0.637. The van der Waals surface area contributed by atoms with E-state index in [-0.39, 0.29) is 0 Å². The molecule has 1 rings (SSSR count). The lowest BCUT2D eigenvalue weighted by molar-refractivity contribution is 0.439. The van der Waals surface area contributed by atoms with Crippen LogP contribution in [0.25, 0.3) is 0 Å².